The van der Waals surface area contributed by atoms with Crippen LogP contribution in [0.3, 0.4) is 0 Å². The molecule has 2 aromatic carbocycles. The van der Waals surface area contributed by atoms with E-state index in [1.807, 2.05) is 19.2 Å². The number of benzene rings is 2. The molecule has 0 radical (unpaired) electrons. The number of rotatable bonds is 4. The lowest BCUT2D eigenvalue weighted by Crippen LogP contribution is -2.54. The first-order chi connectivity index (χ1) is 16.7. The molecule has 0 N–H and O–H groups in total. The van der Waals surface area contributed by atoms with Crippen molar-refractivity contribution in [3.63, 3.8) is 0 Å². The average molecular weight is 449 g/mol. The van der Waals surface area contributed by atoms with E-state index in [2.05, 4.69) is 64.5 Å². The Balaban J connectivity index is 1.34. The standard InChI is InChI=1S/C29H28N4O/c1-32-28(34)18-26(24-13-15-30-16-14-24)31-29(32)33-19-20-7-12-27(33)25(17-20)23-10-8-22(9-11-23)21-5-3-2-4-6-21/h2-6,8-11,13-16,18,20,25,27H,7,12,17,19H2,1H3/t20?,25-,27?/m1/s1. The fraction of sp³-hybridized carbons (Fsp3) is 0.276. The highest BCUT2D eigenvalue weighted by Crippen LogP contribution is 2.45. The molecular weight excluding hydrogens is 420 g/mol. The first-order valence-corrected chi connectivity index (χ1v) is 12.1. The second kappa shape index (κ2) is 8.56. The number of aromatic nitrogens is 3. The van der Waals surface area contributed by atoms with Gasteiger partial charge in [0.1, 0.15) is 0 Å². The molecule has 1 aliphatic carbocycles. The Kier molecular flexibility index (Phi) is 5.25. The maximum Gasteiger partial charge on any atom is 0.255 e. The van der Waals surface area contributed by atoms with Crippen LogP contribution in [0.25, 0.3) is 22.4 Å². The van der Waals surface area contributed by atoms with Crippen LogP contribution in [0.4, 0.5) is 5.95 Å². The van der Waals surface area contributed by atoms with Crippen molar-refractivity contribution in [3.05, 3.63) is 101 Å². The minimum atomic E-state index is -0.0259. The molecule has 7 rings (SSSR count). The van der Waals surface area contributed by atoms with Gasteiger partial charge in [-0.25, -0.2) is 4.98 Å². The molecule has 3 atom stereocenters. The number of anilines is 1. The van der Waals surface area contributed by atoms with Crippen molar-refractivity contribution in [1.82, 2.24) is 14.5 Å². The smallest absolute Gasteiger partial charge is 0.255 e. The van der Waals surface area contributed by atoms with E-state index in [-0.39, 0.29) is 5.56 Å². The third-order valence-electron chi connectivity index (χ3n) is 7.57. The molecule has 4 aromatic rings. The van der Waals surface area contributed by atoms with Crippen LogP contribution in [-0.4, -0.2) is 27.1 Å². The van der Waals surface area contributed by atoms with Gasteiger partial charge in [0.2, 0.25) is 5.95 Å². The van der Waals surface area contributed by atoms with Crippen molar-refractivity contribution in [3.8, 4) is 22.4 Å². The van der Waals surface area contributed by atoms with E-state index >= 15 is 0 Å². The van der Waals surface area contributed by atoms with Gasteiger partial charge in [0.05, 0.1) is 5.69 Å². The molecule has 2 unspecified atom stereocenters. The summed E-state index contributed by atoms with van der Waals surface area (Å²) in [6, 6.07) is 25.4. The molecule has 2 bridgehead atoms. The van der Waals surface area contributed by atoms with Crippen molar-refractivity contribution in [1.29, 1.82) is 0 Å². The normalized spacial score (nSPS) is 21.6. The molecule has 5 nitrogen and oxygen atoms in total. The van der Waals surface area contributed by atoms with E-state index in [1.54, 1.807) is 23.0 Å². The molecular formula is C29H28N4O. The van der Waals surface area contributed by atoms with Gasteiger partial charge in [-0.3, -0.25) is 14.3 Å². The lowest BCUT2D eigenvalue weighted by atomic mass is 9.70. The van der Waals surface area contributed by atoms with Gasteiger partial charge >= 0.3 is 0 Å². The number of nitrogens with zero attached hydrogens (tertiary/aromatic N) is 4. The zero-order valence-corrected chi connectivity index (χ0v) is 19.3. The summed E-state index contributed by atoms with van der Waals surface area (Å²) in [6.45, 7) is 0.962. The summed E-state index contributed by atoms with van der Waals surface area (Å²) in [6.07, 6.45) is 7.06. The van der Waals surface area contributed by atoms with Crippen LogP contribution in [0.2, 0.25) is 0 Å². The molecule has 170 valence electrons. The Morgan fingerprint density at radius 2 is 1.59 bits per heavy atom. The van der Waals surface area contributed by atoms with E-state index < -0.39 is 0 Å². The van der Waals surface area contributed by atoms with Crippen LogP contribution in [0.5, 0.6) is 0 Å². The monoisotopic (exact) mass is 448 g/mol. The Labute approximate surface area is 199 Å². The Bertz CT molecular complexity index is 1350. The molecule has 2 aromatic heterocycles. The molecule has 4 heterocycles. The van der Waals surface area contributed by atoms with Gasteiger partial charge in [-0.15, -0.1) is 0 Å². The molecule has 0 spiro atoms. The number of hydrogen-bond donors (Lipinski definition) is 0. The highest BCUT2D eigenvalue weighted by atomic mass is 16.1. The van der Waals surface area contributed by atoms with Gasteiger partial charge in [0, 0.05) is 49.6 Å². The van der Waals surface area contributed by atoms with Crippen molar-refractivity contribution in [2.24, 2.45) is 13.0 Å². The number of piperidine rings is 2. The van der Waals surface area contributed by atoms with Crippen molar-refractivity contribution in [2.75, 3.05) is 11.4 Å². The van der Waals surface area contributed by atoms with Crippen LogP contribution >= 0.6 is 0 Å². The number of hydrogen-bond acceptors (Lipinski definition) is 4. The Morgan fingerprint density at radius 3 is 2.32 bits per heavy atom. The predicted molar refractivity (Wildman–Crippen MR) is 136 cm³/mol. The highest BCUT2D eigenvalue weighted by molar-refractivity contribution is 5.64. The summed E-state index contributed by atoms with van der Waals surface area (Å²) in [5.41, 5.74) is 5.48. The second-order valence-electron chi connectivity index (χ2n) is 9.57. The van der Waals surface area contributed by atoms with Crippen LogP contribution in [0.15, 0.2) is 90.0 Å². The first kappa shape index (κ1) is 20.8. The van der Waals surface area contributed by atoms with Crippen molar-refractivity contribution < 1.29 is 0 Å². The summed E-state index contributed by atoms with van der Waals surface area (Å²) in [4.78, 5) is 24.4. The van der Waals surface area contributed by atoms with Gasteiger partial charge in [-0.2, -0.15) is 0 Å². The van der Waals surface area contributed by atoms with Gasteiger partial charge in [0.15, 0.2) is 0 Å². The molecule has 5 heteroatoms. The minimum Gasteiger partial charge on any atom is -0.338 e. The molecule has 1 saturated carbocycles. The maximum absolute atomic E-state index is 12.9. The largest absolute Gasteiger partial charge is 0.338 e. The first-order valence-electron chi connectivity index (χ1n) is 12.1. The minimum absolute atomic E-state index is 0.0259. The van der Waals surface area contributed by atoms with Crippen molar-refractivity contribution >= 4 is 5.95 Å². The molecule has 2 saturated heterocycles. The Hall–Kier alpha value is -3.73. The fourth-order valence-electron chi connectivity index (χ4n) is 5.79. The third kappa shape index (κ3) is 3.71. The lowest BCUT2D eigenvalue weighted by Gasteiger charge is -2.51. The van der Waals surface area contributed by atoms with E-state index in [0.717, 1.165) is 24.5 Å². The third-order valence-corrected chi connectivity index (χ3v) is 7.57. The van der Waals surface area contributed by atoms with Crippen LogP contribution in [0, 0.1) is 5.92 Å². The molecule has 34 heavy (non-hydrogen) atoms. The summed E-state index contributed by atoms with van der Waals surface area (Å²) in [7, 11) is 1.84. The number of pyridine rings is 1. The Morgan fingerprint density at radius 1 is 0.853 bits per heavy atom. The van der Waals surface area contributed by atoms with E-state index in [1.165, 1.54) is 29.5 Å². The fourth-order valence-corrected chi connectivity index (χ4v) is 5.79. The van der Waals surface area contributed by atoms with Gasteiger partial charge in [-0.05, 0) is 54.0 Å². The molecule has 3 aliphatic rings. The van der Waals surface area contributed by atoms with Crippen LogP contribution < -0.4 is 10.5 Å². The van der Waals surface area contributed by atoms with E-state index in [4.69, 9.17) is 4.98 Å². The molecule has 2 aliphatic heterocycles. The highest BCUT2D eigenvalue weighted by Gasteiger charge is 2.42. The average Bonchev–Trinajstić information content (AvgIpc) is 2.91. The second-order valence-corrected chi connectivity index (χ2v) is 9.57. The van der Waals surface area contributed by atoms with Crippen molar-refractivity contribution in [2.45, 2.75) is 31.2 Å². The predicted octanol–water partition coefficient (Wildman–Crippen LogP) is 5.28. The van der Waals surface area contributed by atoms with Crippen LogP contribution in [-0.2, 0) is 7.05 Å². The maximum atomic E-state index is 12.9. The van der Waals surface area contributed by atoms with Gasteiger partial charge in [0.25, 0.3) is 5.56 Å². The summed E-state index contributed by atoms with van der Waals surface area (Å²) >= 11 is 0. The topological polar surface area (TPSA) is 51.0 Å². The van der Waals surface area contributed by atoms with E-state index in [0.29, 0.717) is 23.6 Å². The number of fused-ring (bicyclic) bond motifs is 3. The lowest BCUT2D eigenvalue weighted by molar-refractivity contribution is 0.215. The zero-order valence-electron chi connectivity index (χ0n) is 19.3. The van der Waals surface area contributed by atoms with Crippen LogP contribution in [0.1, 0.15) is 30.7 Å². The molecule has 3 fully saturated rings. The molecule has 0 amide bonds. The zero-order chi connectivity index (χ0) is 23.1. The summed E-state index contributed by atoms with van der Waals surface area (Å²) in [5.74, 6) is 1.84. The summed E-state index contributed by atoms with van der Waals surface area (Å²) in [5, 5.41) is 0. The SMILES string of the molecule is Cn1c(N2CC3CCC2[C@@H](c2ccc(-c4ccccc4)cc2)C3)nc(-c2ccncc2)cc1=O. The van der Waals surface area contributed by atoms with E-state index in [9.17, 15) is 4.79 Å². The van der Waals surface area contributed by atoms with Gasteiger partial charge in [-0.1, -0.05) is 54.6 Å². The summed E-state index contributed by atoms with van der Waals surface area (Å²) < 4.78 is 1.71. The van der Waals surface area contributed by atoms with Gasteiger partial charge < -0.3 is 4.90 Å². The quantitative estimate of drug-likeness (QED) is 0.426.